The molecule has 10 fully saturated rings. The summed E-state index contributed by atoms with van der Waals surface area (Å²) < 4.78 is 117. The van der Waals surface area contributed by atoms with Gasteiger partial charge in [0.15, 0.2) is 62.5 Å². The Bertz CT molecular complexity index is 2950. The number of hydrogen-bond donors (Lipinski definition) is 30. The summed E-state index contributed by atoms with van der Waals surface area (Å²) in [4.78, 5) is 4.21. The molecule has 0 aromatic heterocycles. The largest absolute Gasteiger partial charge is 0.450 e. The fourth-order valence-electron chi connectivity index (χ4n) is 14.8. The van der Waals surface area contributed by atoms with Crippen molar-refractivity contribution < 1.29 is 248 Å². The van der Waals surface area contributed by atoms with Crippen LogP contribution < -0.4 is 0 Å². The molecule has 0 aliphatic carbocycles. The van der Waals surface area contributed by atoms with E-state index in [9.17, 15) is 153 Å². The van der Waals surface area contributed by atoms with Crippen molar-refractivity contribution >= 4 is 5.90 Å². The quantitative estimate of drug-likeness (QED) is 0.0346. The first kappa shape index (κ1) is 91.3. The van der Waals surface area contributed by atoms with Crippen molar-refractivity contribution in [1.29, 1.82) is 0 Å². The van der Waals surface area contributed by atoms with Crippen LogP contribution in [0.2, 0.25) is 0 Å². The Hall–Kier alpha value is -2.49. The van der Waals surface area contributed by atoms with Gasteiger partial charge in [-0.15, -0.1) is 0 Å². The molecule has 11 aliphatic rings. The highest BCUT2D eigenvalue weighted by molar-refractivity contribution is 5.75. The highest BCUT2D eigenvalue weighted by Gasteiger charge is 2.62. The van der Waals surface area contributed by atoms with Crippen LogP contribution in [0, 0.1) is 0 Å². The van der Waals surface area contributed by atoms with Crippen LogP contribution in [0.15, 0.2) is 4.99 Å². The molecule has 0 saturated carbocycles. The molecular formula is C62H103NO50. The third-order valence-corrected chi connectivity index (χ3v) is 21.5. The molecule has 11 aliphatic heterocycles. The number of ether oxygens (including phenoxy) is 20. The molecule has 0 bridgehead atoms. The number of rotatable bonds is 28. The van der Waals surface area contributed by atoms with Crippen LogP contribution in [0.5, 0.6) is 0 Å². The zero-order valence-corrected chi connectivity index (χ0v) is 59.5. The molecule has 0 unspecified atom stereocenters. The van der Waals surface area contributed by atoms with Crippen molar-refractivity contribution in [3.8, 4) is 0 Å². The highest BCUT2D eigenvalue weighted by atomic mass is 16.8. The molecule has 11 heterocycles. The van der Waals surface area contributed by atoms with Crippen molar-refractivity contribution in [3.05, 3.63) is 0 Å². The summed E-state index contributed by atoms with van der Waals surface area (Å²) in [5.74, 6) is 0.000464. The maximum Gasteiger partial charge on any atom is 0.227 e. The third kappa shape index (κ3) is 18.8. The first-order valence-corrected chi connectivity index (χ1v) is 36.1. The Balaban J connectivity index is 0.926. The lowest BCUT2D eigenvalue weighted by atomic mass is 9.95. The lowest BCUT2D eigenvalue weighted by molar-refractivity contribution is -0.408. The fraction of sp³-hybridized carbons (Fsp3) is 0.984. The van der Waals surface area contributed by atoms with Gasteiger partial charge < -0.3 is 248 Å². The van der Waals surface area contributed by atoms with Gasteiger partial charge in [0, 0.05) is 6.92 Å². The summed E-state index contributed by atoms with van der Waals surface area (Å²) in [5, 5.41) is 331. The topological polar surface area (TPSA) is 804 Å². The Kier molecular flexibility index (Phi) is 31.6. The zero-order chi connectivity index (χ0) is 82.4. The normalized spacial score (nSPS) is 53.4. The van der Waals surface area contributed by atoms with Crippen LogP contribution in [0.1, 0.15) is 6.92 Å². The van der Waals surface area contributed by atoms with E-state index in [2.05, 4.69) is 4.99 Å². The summed E-state index contributed by atoms with van der Waals surface area (Å²) in [5.41, 5.74) is 0. The molecule has 656 valence electrons. The molecule has 0 radical (unpaired) electrons. The van der Waals surface area contributed by atoms with Crippen molar-refractivity contribution in [2.45, 2.75) is 314 Å². The lowest BCUT2D eigenvalue weighted by Crippen LogP contribution is -2.69. The van der Waals surface area contributed by atoms with Gasteiger partial charge in [0.05, 0.1) is 66.1 Å². The number of fused-ring (bicyclic) bond motifs is 1. The summed E-state index contributed by atoms with van der Waals surface area (Å²) in [7, 11) is 0. The molecule has 50 atom stereocenters. The predicted octanol–water partition coefficient (Wildman–Crippen LogP) is -21.3. The molecular weight excluding hydrogens is 1560 g/mol. The van der Waals surface area contributed by atoms with Crippen molar-refractivity contribution in [2.24, 2.45) is 4.99 Å². The van der Waals surface area contributed by atoms with E-state index in [1.54, 1.807) is 0 Å². The van der Waals surface area contributed by atoms with E-state index >= 15 is 0 Å². The van der Waals surface area contributed by atoms with Crippen LogP contribution in [0.3, 0.4) is 0 Å². The third-order valence-electron chi connectivity index (χ3n) is 21.5. The molecule has 11 rings (SSSR count). The molecule has 0 spiro atoms. The van der Waals surface area contributed by atoms with Crippen LogP contribution in [0.4, 0.5) is 0 Å². The summed E-state index contributed by atoms with van der Waals surface area (Å²) in [6.07, 6.45) is -104. The minimum Gasteiger partial charge on any atom is -0.450 e. The van der Waals surface area contributed by atoms with Crippen LogP contribution in [-0.4, -0.2) is 532 Å². The van der Waals surface area contributed by atoms with Gasteiger partial charge in [-0.05, 0) is 0 Å². The molecule has 30 N–H and O–H groups in total. The van der Waals surface area contributed by atoms with E-state index in [0.29, 0.717) is 0 Å². The standard InChI is InChI=1S/C62H103NO50/c1-12-63-23-33(81)46(20(9-71)104-53(23)96-12)107-58-45(93)48(109-61-52(40(88)30(78)18(7-69)102-61)113-62-51(39(87)29(77)19(8-70)103-62)112-57-43(91)36(84)26(74)15(4-66)99-57)32(80)22(106-58)10-94-54-44(92)47(108-60-50(38(86)28(76)17(6-68)101-60)111-56-42(90)35(83)25(73)14(3-65)98-56)31(79)21(105-54)11-95-59-49(37(85)27(75)16(5-67)100-59)110-55-41(89)34(82)24(72)13(2-64)97-55/h13-62,64-93H,2-11H2,1H3/t13-,14-,15-,16-,17-,18-,19-,20-,21-,22-,23-,24-,25-,26-,27-,28-,29-,30-,31-,32-,33-,34+,35+,36+,37+,38+,39+,40+,41+,42+,43+,44+,45+,46-,47+,48+,49+,50+,51+,52+,53+,54+,55-,56-,57-,58+,59+,60-,61-,62-/m1/s1. The second-order valence-electron chi connectivity index (χ2n) is 28.8. The van der Waals surface area contributed by atoms with Gasteiger partial charge in [0.2, 0.25) is 6.29 Å². The van der Waals surface area contributed by atoms with E-state index < -0.39 is 373 Å². The number of nitrogens with zero attached hydrogens (tertiary/aromatic N) is 1. The van der Waals surface area contributed by atoms with E-state index in [1.165, 1.54) is 6.92 Å². The van der Waals surface area contributed by atoms with Crippen molar-refractivity contribution in [3.63, 3.8) is 0 Å². The molecule has 0 amide bonds. The number of aliphatic imine (C=N–C) groups is 1. The summed E-state index contributed by atoms with van der Waals surface area (Å²) >= 11 is 0. The van der Waals surface area contributed by atoms with Gasteiger partial charge in [-0.3, -0.25) is 0 Å². The Morgan fingerprint density at radius 2 is 0.469 bits per heavy atom. The predicted molar refractivity (Wildman–Crippen MR) is 339 cm³/mol. The average molecular weight is 1660 g/mol. The molecule has 113 heavy (non-hydrogen) atoms. The minimum atomic E-state index is -2.52. The van der Waals surface area contributed by atoms with Crippen molar-refractivity contribution in [2.75, 3.05) is 66.1 Å². The Morgan fingerprint density at radius 3 is 0.814 bits per heavy atom. The molecule has 51 nitrogen and oxygen atoms in total. The molecule has 51 heteroatoms. The first-order chi connectivity index (χ1) is 53.7. The number of aliphatic hydroxyl groups is 30. The Labute approximate surface area is 637 Å². The minimum absolute atomic E-state index is 0.000464. The second kappa shape index (κ2) is 39.1. The lowest BCUT2D eigenvalue weighted by Gasteiger charge is -2.50. The SMILES string of the molecule is CC1=N[C@H]2[C@@H](O1)O[C@H](CO)[C@@H](O[C@@H]1O[C@H](CO[C@H]3O[C@H](CO[C@H]4O[C@H](CO)[C@@H](O)[C@H](O)[C@@H]4O[C@H]4O[C@H](CO)[C@@H](O)[C@H](O)[C@@H]4O)[C@@H](O)[C@H](O[C@H]4O[C@H](CO)[C@@H](O)[C@H](O)[C@@H]4O[C@H]4O[C@H](CO)[C@@H](O)[C@H](O)[C@@H]4O)[C@@H]3O)[C@@H](O)[C@H](O[C@H]3O[C@H](CO)[C@@H](O)[C@H](O)[C@@H]3O[C@H]3O[C@H](CO)[C@@H](O)[C@H](O)[C@@H]3O[C@H]3O[C@H](CO)[C@@H](O)[C@H](O)[C@@H]3O)[C@@H]1O)[C@@H]2O. The summed E-state index contributed by atoms with van der Waals surface area (Å²) in [6, 6.07) is -1.31. The van der Waals surface area contributed by atoms with Crippen LogP contribution in [-0.2, 0) is 94.7 Å². The zero-order valence-electron chi connectivity index (χ0n) is 59.5. The highest BCUT2D eigenvalue weighted by Crippen LogP contribution is 2.41. The maximum absolute atomic E-state index is 12.6. The van der Waals surface area contributed by atoms with Gasteiger partial charge in [-0.2, -0.15) is 0 Å². The number of hydrogen-bond acceptors (Lipinski definition) is 51. The first-order valence-electron chi connectivity index (χ1n) is 36.1. The average Bonchev–Trinajstić information content (AvgIpc) is 1.71. The van der Waals surface area contributed by atoms with Gasteiger partial charge in [0.1, 0.15) is 244 Å². The van der Waals surface area contributed by atoms with E-state index in [-0.39, 0.29) is 5.90 Å². The Morgan fingerprint density at radius 1 is 0.221 bits per heavy atom. The molecule has 10 saturated heterocycles. The van der Waals surface area contributed by atoms with E-state index in [0.717, 1.165) is 0 Å². The molecule has 0 aromatic carbocycles. The van der Waals surface area contributed by atoms with Gasteiger partial charge in [-0.25, -0.2) is 4.99 Å². The van der Waals surface area contributed by atoms with Crippen molar-refractivity contribution in [1.82, 2.24) is 0 Å². The van der Waals surface area contributed by atoms with E-state index in [1.807, 2.05) is 0 Å². The fourth-order valence-corrected chi connectivity index (χ4v) is 14.8. The number of aliphatic hydroxyl groups excluding tert-OH is 30. The van der Waals surface area contributed by atoms with Crippen LogP contribution >= 0.6 is 0 Å². The van der Waals surface area contributed by atoms with E-state index in [4.69, 9.17) is 94.7 Å². The van der Waals surface area contributed by atoms with Gasteiger partial charge >= 0.3 is 0 Å². The smallest absolute Gasteiger partial charge is 0.227 e. The second-order valence-corrected chi connectivity index (χ2v) is 28.8. The summed E-state index contributed by atoms with van der Waals surface area (Å²) in [6.45, 7) is -9.47. The van der Waals surface area contributed by atoms with Gasteiger partial charge in [-0.1, -0.05) is 0 Å². The monoisotopic (exact) mass is 1660 g/mol. The maximum atomic E-state index is 12.6. The molecule has 0 aromatic rings. The van der Waals surface area contributed by atoms with Gasteiger partial charge in [0.25, 0.3) is 0 Å². The van der Waals surface area contributed by atoms with Crippen LogP contribution in [0.25, 0.3) is 0 Å².